The lowest BCUT2D eigenvalue weighted by atomic mass is 9.88. The Bertz CT molecular complexity index is 601. The number of halogens is 1. The van der Waals surface area contributed by atoms with Crippen molar-refractivity contribution in [3.8, 4) is 0 Å². The molecule has 2 aliphatic rings. The minimum atomic E-state index is 0. The molecule has 2 fully saturated rings. The predicted octanol–water partition coefficient (Wildman–Crippen LogP) is 3.54. The van der Waals surface area contributed by atoms with Crippen LogP contribution in [0.25, 0.3) is 0 Å². The minimum absolute atomic E-state index is 0. The molecule has 1 heterocycles. The normalized spacial score (nSPS) is 20.9. The van der Waals surface area contributed by atoms with Gasteiger partial charge in [-0.15, -0.1) is 24.0 Å². The summed E-state index contributed by atoms with van der Waals surface area (Å²) in [5.74, 6) is 1.48. The Balaban J connectivity index is 0.00000261. The molecule has 27 heavy (non-hydrogen) atoms. The van der Waals surface area contributed by atoms with E-state index in [2.05, 4.69) is 34.6 Å². The van der Waals surface area contributed by atoms with Gasteiger partial charge in [0, 0.05) is 31.6 Å². The van der Waals surface area contributed by atoms with Crippen LogP contribution in [0.3, 0.4) is 0 Å². The van der Waals surface area contributed by atoms with E-state index in [9.17, 15) is 4.79 Å². The highest BCUT2D eigenvalue weighted by atomic mass is 127. The summed E-state index contributed by atoms with van der Waals surface area (Å²) in [5.41, 5.74) is 1.20. The molecular formula is C21H33IN4O. The molecule has 1 aromatic carbocycles. The molecule has 1 amide bonds. The molecular weight excluding hydrogens is 451 g/mol. The van der Waals surface area contributed by atoms with Gasteiger partial charge in [0.15, 0.2) is 5.96 Å². The molecule has 1 aromatic rings. The summed E-state index contributed by atoms with van der Waals surface area (Å²) in [7, 11) is 0. The Morgan fingerprint density at radius 1 is 1.15 bits per heavy atom. The molecule has 3 rings (SSSR count). The van der Waals surface area contributed by atoms with E-state index in [1.54, 1.807) is 0 Å². The summed E-state index contributed by atoms with van der Waals surface area (Å²) in [4.78, 5) is 19.5. The highest BCUT2D eigenvalue weighted by molar-refractivity contribution is 14.0. The number of guanidine groups is 1. The van der Waals surface area contributed by atoms with Crippen LogP contribution in [0.4, 0.5) is 0 Å². The van der Waals surface area contributed by atoms with Crippen LogP contribution in [0.15, 0.2) is 35.3 Å². The van der Waals surface area contributed by atoms with Gasteiger partial charge < -0.3 is 15.5 Å². The van der Waals surface area contributed by atoms with Crippen molar-refractivity contribution in [3.05, 3.63) is 35.9 Å². The Morgan fingerprint density at radius 2 is 1.89 bits per heavy atom. The second-order valence-corrected chi connectivity index (χ2v) is 7.43. The maximum atomic E-state index is 12.7. The number of hydrogen-bond acceptors (Lipinski definition) is 2. The fourth-order valence-electron chi connectivity index (χ4n) is 3.95. The predicted molar refractivity (Wildman–Crippen MR) is 121 cm³/mol. The first-order valence-electron chi connectivity index (χ1n) is 10.1. The van der Waals surface area contributed by atoms with Crippen molar-refractivity contribution in [1.82, 2.24) is 15.5 Å². The molecule has 0 spiro atoms. The van der Waals surface area contributed by atoms with Gasteiger partial charge in [-0.25, -0.2) is 4.99 Å². The number of amides is 1. The first kappa shape index (κ1) is 22.0. The summed E-state index contributed by atoms with van der Waals surface area (Å²) < 4.78 is 0. The first-order chi connectivity index (χ1) is 12.8. The molecule has 0 aromatic heterocycles. The smallest absolute Gasteiger partial charge is 0.225 e. The van der Waals surface area contributed by atoms with Crippen LogP contribution in [0.5, 0.6) is 0 Å². The van der Waals surface area contributed by atoms with Gasteiger partial charge in [-0.1, -0.05) is 49.6 Å². The third-order valence-corrected chi connectivity index (χ3v) is 5.40. The van der Waals surface area contributed by atoms with Gasteiger partial charge in [0.1, 0.15) is 0 Å². The van der Waals surface area contributed by atoms with Crippen molar-refractivity contribution in [3.63, 3.8) is 0 Å². The maximum absolute atomic E-state index is 12.7. The van der Waals surface area contributed by atoms with Crippen LogP contribution in [0, 0.1) is 5.92 Å². The lowest BCUT2D eigenvalue weighted by Gasteiger charge is -2.26. The lowest BCUT2D eigenvalue weighted by Crippen LogP contribution is -2.45. The van der Waals surface area contributed by atoms with Crippen LogP contribution in [0.1, 0.15) is 51.0 Å². The van der Waals surface area contributed by atoms with Crippen LogP contribution in [-0.2, 0) is 11.3 Å². The van der Waals surface area contributed by atoms with Gasteiger partial charge in [-0.2, -0.15) is 0 Å². The third-order valence-electron chi connectivity index (χ3n) is 5.40. The van der Waals surface area contributed by atoms with E-state index < -0.39 is 0 Å². The Labute approximate surface area is 180 Å². The van der Waals surface area contributed by atoms with Gasteiger partial charge >= 0.3 is 0 Å². The molecule has 1 saturated heterocycles. The average Bonchev–Trinajstić information content (AvgIpc) is 3.16. The summed E-state index contributed by atoms with van der Waals surface area (Å²) in [6, 6.07) is 10.6. The second-order valence-electron chi connectivity index (χ2n) is 7.43. The first-order valence-corrected chi connectivity index (χ1v) is 10.1. The Morgan fingerprint density at radius 3 is 2.59 bits per heavy atom. The fourth-order valence-corrected chi connectivity index (χ4v) is 3.95. The number of likely N-dealkylation sites (tertiary alicyclic amines) is 1. The Kier molecular flexibility index (Phi) is 9.38. The topological polar surface area (TPSA) is 56.7 Å². The van der Waals surface area contributed by atoms with Gasteiger partial charge in [-0.05, 0) is 31.7 Å². The number of aliphatic imine (C=N–C) groups is 1. The highest BCUT2D eigenvalue weighted by Gasteiger charge is 2.31. The van der Waals surface area contributed by atoms with E-state index in [1.807, 2.05) is 18.2 Å². The van der Waals surface area contributed by atoms with E-state index in [1.165, 1.54) is 24.8 Å². The number of carbonyl (C=O) groups excluding carboxylic acids is 1. The SMILES string of the molecule is CCNC(=NCc1ccccc1)NC1CCN(C(=O)C2CCCCC2)C1.I. The molecule has 1 aliphatic heterocycles. The van der Waals surface area contributed by atoms with Crippen LogP contribution >= 0.6 is 24.0 Å². The summed E-state index contributed by atoms with van der Waals surface area (Å²) >= 11 is 0. The van der Waals surface area contributed by atoms with Crippen molar-refractivity contribution in [1.29, 1.82) is 0 Å². The Hall–Kier alpha value is -1.31. The van der Waals surface area contributed by atoms with Crippen molar-refractivity contribution >= 4 is 35.8 Å². The minimum Gasteiger partial charge on any atom is -0.357 e. The number of carbonyl (C=O) groups is 1. The van der Waals surface area contributed by atoms with Crippen molar-refractivity contribution in [2.45, 2.75) is 58.0 Å². The molecule has 6 heteroatoms. The molecule has 1 saturated carbocycles. The second kappa shape index (κ2) is 11.5. The largest absolute Gasteiger partial charge is 0.357 e. The molecule has 1 unspecified atom stereocenters. The summed E-state index contributed by atoms with van der Waals surface area (Å²) in [5, 5.41) is 6.84. The van der Waals surface area contributed by atoms with Crippen LogP contribution < -0.4 is 10.6 Å². The monoisotopic (exact) mass is 484 g/mol. The maximum Gasteiger partial charge on any atom is 0.225 e. The number of rotatable bonds is 5. The fraction of sp³-hybridized carbons (Fsp3) is 0.619. The zero-order valence-corrected chi connectivity index (χ0v) is 18.7. The third kappa shape index (κ3) is 6.66. The molecule has 2 N–H and O–H groups in total. The molecule has 150 valence electrons. The van der Waals surface area contributed by atoms with E-state index in [0.717, 1.165) is 44.9 Å². The zero-order valence-electron chi connectivity index (χ0n) is 16.3. The van der Waals surface area contributed by atoms with Crippen molar-refractivity contribution in [2.24, 2.45) is 10.9 Å². The molecule has 0 bridgehead atoms. The number of nitrogens with zero attached hydrogens (tertiary/aromatic N) is 2. The number of nitrogens with one attached hydrogen (secondary N) is 2. The zero-order chi connectivity index (χ0) is 18.2. The molecule has 1 aliphatic carbocycles. The van der Waals surface area contributed by atoms with E-state index in [-0.39, 0.29) is 35.9 Å². The number of hydrogen-bond donors (Lipinski definition) is 2. The number of benzene rings is 1. The molecule has 0 radical (unpaired) electrons. The van der Waals surface area contributed by atoms with E-state index >= 15 is 0 Å². The van der Waals surface area contributed by atoms with Gasteiger partial charge in [0.25, 0.3) is 0 Å². The molecule has 5 nitrogen and oxygen atoms in total. The molecule has 1 atom stereocenters. The van der Waals surface area contributed by atoms with Gasteiger partial charge in [-0.3, -0.25) is 4.79 Å². The summed E-state index contributed by atoms with van der Waals surface area (Å²) in [6.45, 7) is 5.23. The van der Waals surface area contributed by atoms with Crippen LogP contribution in [-0.4, -0.2) is 42.4 Å². The quantitative estimate of drug-likeness (QED) is 0.382. The standard InChI is InChI=1S/C21H32N4O.HI/c1-2-22-21(23-15-17-9-5-3-6-10-17)24-19-13-14-25(16-19)20(26)18-11-7-4-8-12-18;/h3,5-6,9-10,18-19H,2,4,7-8,11-16H2,1H3,(H2,22,23,24);1H. The summed E-state index contributed by atoms with van der Waals surface area (Å²) in [6.07, 6.45) is 6.86. The van der Waals surface area contributed by atoms with Crippen LogP contribution in [0.2, 0.25) is 0 Å². The van der Waals surface area contributed by atoms with E-state index in [4.69, 9.17) is 4.99 Å². The van der Waals surface area contributed by atoms with Crippen molar-refractivity contribution < 1.29 is 4.79 Å². The highest BCUT2D eigenvalue weighted by Crippen LogP contribution is 2.26. The lowest BCUT2D eigenvalue weighted by molar-refractivity contribution is -0.135. The van der Waals surface area contributed by atoms with Crippen molar-refractivity contribution in [2.75, 3.05) is 19.6 Å². The van der Waals surface area contributed by atoms with E-state index in [0.29, 0.717) is 12.5 Å². The average molecular weight is 484 g/mol. The van der Waals surface area contributed by atoms with Gasteiger partial charge in [0.2, 0.25) is 5.91 Å². The van der Waals surface area contributed by atoms with Gasteiger partial charge in [0.05, 0.1) is 6.54 Å².